The van der Waals surface area contributed by atoms with Gasteiger partial charge in [-0.15, -0.1) is 0 Å². The van der Waals surface area contributed by atoms with E-state index in [-0.39, 0.29) is 0 Å². The van der Waals surface area contributed by atoms with Crippen molar-refractivity contribution in [3.05, 3.63) is 53.3 Å². The number of piperazine rings is 1. The number of pyridine rings is 1. The molecule has 0 aliphatic carbocycles. The number of thiocarbonyl (C=S) groups is 1. The Labute approximate surface area is 147 Å². The number of nitrogens with zero attached hydrogens (tertiary/aromatic N) is 3. The lowest BCUT2D eigenvalue weighted by Crippen LogP contribution is -2.50. The molecule has 3 rings (SSSR count). The summed E-state index contributed by atoms with van der Waals surface area (Å²) < 4.78 is 0. The number of aryl methyl sites for hydroxylation is 1. The van der Waals surface area contributed by atoms with Crippen molar-refractivity contribution in [2.45, 2.75) is 6.92 Å². The smallest absolute Gasteiger partial charge is 0.173 e. The Balaban J connectivity index is 1.58. The number of anilines is 2. The third kappa shape index (κ3) is 3.92. The maximum atomic E-state index is 6.00. The molecule has 1 fully saturated rings. The van der Waals surface area contributed by atoms with Gasteiger partial charge in [0.15, 0.2) is 5.11 Å². The van der Waals surface area contributed by atoms with Gasteiger partial charge in [0.2, 0.25) is 0 Å². The molecule has 0 bridgehead atoms. The zero-order valence-corrected chi connectivity index (χ0v) is 14.6. The Morgan fingerprint density at radius 2 is 1.83 bits per heavy atom. The highest BCUT2D eigenvalue weighted by Crippen LogP contribution is 2.21. The maximum Gasteiger partial charge on any atom is 0.173 e. The third-order valence-corrected chi connectivity index (χ3v) is 4.62. The maximum absolute atomic E-state index is 6.00. The van der Waals surface area contributed by atoms with E-state index < -0.39 is 0 Å². The molecular weight excluding hydrogens is 328 g/mol. The summed E-state index contributed by atoms with van der Waals surface area (Å²) in [6, 6.07) is 9.87. The summed E-state index contributed by atoms with van der Waals surface area (Å²) in [5.41, 5.74) is 3.32. The lowest BCUT2D eigenvalue weighted by molar-refractivity contribution is 0.391. The molecule has 1 N–H and O–H groups in total. The lowest BCUT2D eigenvalue weighted by atomic mass is 10.2. The zero-order valence-electron chi connectivity index (χ0n) is 13.0. The highest BCUT2D eigenvalue weighted by molar-refractivity contribution is 7.80. The predicted molar refractivity (Wildman–Crippen MR) is 100 cm³/mol. The molecule has 0 spiro atoms. The number of nitrogens with one attached hydrogen (secondary N) is 1. The number of aromatic nitrogens is 1. The first-order chi connectivity index (χ1) is 11.1. The van der Waals surface area contributed by atoms with E-state index in [4.69, 9.17) is 23.8 Å². The van der Waals surface area contributed by atoms with Gasteiger partial charge in [-0.3, -0.25) is 4.98 Å². The van der Waals surface area contributed by atoms with Gasteiger partial charge < -0.3 is 15.1 Å². The van der Waals surface area contributed by atoms with E-state index in [1.165, 1.54) is 5.69 Å². The molecule has 1 saturated heterocycles. The Morgan fingerprint density at radius 3 is 2.48 bits per heavy atom. The summed E-state index contributed by atoms with van der Waals surface area (Å²) in [4.78, 5) is 8.63. The van der Waals surface area contributed by atoms with E-state index in [0.29, 0.717) is 0 Å². The summed E-state index contributed by atoms with van der Waals surface area (Å²) in [6.07, 6.45) is 3.66. The molecule has 1 aromatic heterocycles. The minimum absolute atomic E-state index is 0.741. The van der Waals surface area contributed by atoms with Crippen LogP contribution in [0, 0.1) is 6.92 Å². The van der Waals surface area contributed by atoms with E-state index in [0.717, 1.165) is 47.6 Å². The SMILES string of the molecule is Cc1cc(Cl)ccc1NC(=S)N1CCN(c2ccncc2)CC1. The normalized spacial score (nSPS) is 14.7. The average molecular weight is 347 g/mol. The number of hydrogen-bond donors (Lipinski definition) is 1. The summed E-state index contributed by atoms with van der Waals surface area (Å²) >= 11 is 11.6. The number of halogens is 1. The van der Waals surface area contributed by atoms with E-state index in [2.05, 4.69) is 20.1 Å². The van der Waals surface area contributed by atoms with Crippen molar-refractivity contribution < 1.29 is 0 Å². The van der Waals surface area contributed by atoms with Gasteiger partial charge in [-0.05, 0) is 55.0 Å². The first kappa shape index (κ1) is 16.0. The minimum Gasteiger partial charge on any atom is -0.368 e. The van der Waals surface area contributed by atoms with Crippen LogP contribution in [-0.4, -0.2) is 41.2 Å². The molecule has 4 nitrogen and oxygen atoms in total. The van der Waals surface area contributed by atoms with Crippen LogP contribution in [0.5, 0.6) is 0 Å². The van der Waals surface area contributed by atoms with Crippen LogP contribution in [0.2, 0.25) is 5.02 Å². The Morgan fingerprint density at radius 1 is 1.13 bits per heavy atom. The molecule has 2 heterocycles. The van der Waals surface area contributed by atoms with Gasteiger partial charge in [0.05, 0.1) is 0 Å². The van der Waals surface area contributed by atoms with Crippen molar-refractivity contribution in [3.8, 4) is 0 Å². The van der Waals surface area contributed by atoms with Crippen molar-refractivity contribution in [2.75, 3.05) is 36.4 Å². The van der Waals surface area contributed by atoms with Crippen LogP contribution >= 0.6 is 23.8 Å². The second-order valence-corrected chi connectivity index (χ2v) is 6.39. The fourth-order valence-electron chi connectivity index (χ4n) is 2.68. The molecule has 0 saturated carbocycles. The first-order valence-electron chi connectivity index (χ1n) is 7.60. The quantitative estimate of drug-likeness (QED) is 0.840. The van der Waals surface area contributed by atoms with Crippen molar-refractivity contribution in [1.29, 1.82) is 0 Å². The minimum atomic E-state index is 0.741. The molecule has 2 aromatic rings. The van der Waals surface area contributed by atoms with Crippen LogP contribution in [-0.2, 0) is 0 Å². The van der Waals surface area contributed by atoms with E-state index in [1.54, 1.807) is 0 Å². The van der Waals surface area contributed by atoms with Crippen molar-refractivity contribution in [1.82, 2.24) is 9.88 Å². The van der Waals surface area contributed by atoms with Gasteiger partial charge in [0.25, 0.3) is 0 Å². The second kappa shape index (κ2) is 7.15. The fraction of sp³-hybridized carbons (Fsp3) is 0.294. The first-order valence-corrected chi connectivity index (χ1v) is 8.39. The van der Waals surface area contributed by atoms with E-state index >= 15 is 0 Å². The van der Waals surface area contributed by atoms with Gasteiger partial charge in [-0.1, -0.05) is 11.6 Å². The Bertz CT molecular complexity index is 684. The molecule has 0 amide bonds. The fourth-order valence-corrected chi connectivity index (χ4v) is 3.20. The Hall–Kier alpha value is -1.85. The van der Waals surface area contributed by atoms with Crippen molar-refractivity contribution in [2.24, 2.45) is 0 Å². The van der Waals surface area contributed by atoms with Crippen LogP contribution < -0.4 is 10.2 Å². The molecule has 6 heteroatoms. The highest BCUT2D eigenvalue weighted by atomic mass is 35.5. The molecule has 0 unspecified atom stereocenters. The number of hydrogen-bond acceptors (Lipinski definition) is 3. The van der Waals surface area contributed by atoms with Crippen LogP contribution in [0.25, 0.3) is 0 Å². The predicted octanol–water partition coefficient (Wildman–Crippen LogP) is 3.56. The molecular formula is C17H19ClN4S. The Kier molecular flexibility index (Phi) is 4.98. The van der Waals surface area contributed by atoms with Gasteiger partial charge in [-0.25, -0.2) is 0 Å². The molecule has 120 valence electrons. The van der Waals surface area contributed by atoms with Crippen molar-refractivity contribution in [3.63, 3.8) is 0 Å². The van der Waals surface area contributed by atoms with E-state index in [9.17, 15) is 0 Å². The van der Waals surface area contributed by atoms with Crippen molar-refractivity contribution >= 4 is 40.3 Å². The monoisotopic (exact) mass is 346 g/mol. The summed E-state index contributed by atoms with van der Waals surface area (Å²) in [7, 11) is 0. The van der Waals surface area contributed by atoms with Crippen LogP contribution in [0.3, 0.4) is 0 Å². The van der Waals surface area contributed by atoms with Gasteiger partial charge in [0, 0.05) is 55.0 Å². The van der Waals surface area contributed by atoms with Gasteiger partial charge >= 0.3 is 0 Å². The standard InChI is InChI=1S/C17H19ClN4S/c1-13-12-14(18)2-3-16(13)20-17(23)22-10-8-21(9-11-22)15-4-6-19-7-5-15/h2-7,12H,8-11H2,1H3,(H,20,23). The zero-order chi connectivity index (χ0) is 16.2. The number of benzene rings is 1. The van der Waals surface area contributed by atoms with Crippen LogP contribution in [0.15, 0.2) is 42.7 Å². The largest absolute Gasteiger partial charge is 0.368 e. The van der Waals surface area contributed by atoms with Crippen LogP contribution in [0.4, 0.5) is 11.4 Å². The highest BCUT2D eigenvalue weighted by Gasteiger charge is 2.19. The molecule has 1 aliphatic heterocycles. The third-order valence-electron chi connectivity index (χ3n) is 4.02. The second-order valence-electron chi connectivity index (χ2n) is 5.57. The number of rotatable bonds is 2. The average Bonchev–Trinajstić information content (AvgIpc) is 2.58. The van der Waals surface area contributed by atoms with E-state index in [1.807, 2.05) is 49.6 Å². The molecule has 23 heavy (non-hydrogen) atoms. The molecule has 1 aliphatic rings. The molecule has 0 radical (unpaired) electrons. The van der Waals surface area contributed by atoms with Gasteiger partial charge in [0.1, 0.15) is 0 Å². The summed E-state index contributed by atoms with van der Waals surface area (Å²) in [5, 5.41) is 4.84. The van der Waals surface area contributed by atoms with Crippen LogP contribution in [0.1, 0.15) is 5.56 Å². The molecule has 1 aromatic carbocycles. The summed E-state index contributed by atoms with van der Waals surface area (Å²) in [6.45, 7) is 5.73. The topological polar surface area (TPSA) is 31.4 Å². The summed E-state index contributed by atoms with van der Waals surface area (Å²) in [5.74, 6) is 0. The molecule has 0 atom stereocenters. The lowest BCUT2D eigenvalue weighted by Gasteiger charge is -2.37. The van der Waals surface area contributed by atoms with Gasteiger partial charge in [-0.2, -0.15) is 0 Å².